The molecular weight excluding hydrogens is 544 g/mol. The minimum absolute atomic E-state index is 0.00668. The number of benzene rings is 2. The van der Waals surface area contributed by atoms with E-state index in [1.807, 2.05) is 0 Å². The molecule has 5 rings (SSSR count). The molecular formula is C40H60O4. The van der Waals surface area contributed by atoms with Crippen molar-refractivity contribution in [2.45, 2.75) is 148 Å². The molecule has 0 amide bonds. The van der Waals surface area contributed by atoms with Gasteiger partial charge in [-0.05, 0) is 75.0 Å². The Bertz CT molecular complexity index is 1070. The Balaban J connectivity index is 1.05. The Kier molecular flexibility index (Phi) is 13.2. The van der Waals surface area contributed by atoms with E-state index in [4.69, 9.17) is 18.9 Å². The van der Waals surface area contributed by atoms with Gasteiger partial charge in [0.15, 0.2) is 12.6 Å². The van der Waals surface area contributed by atoms with Crippen LogP contribution >= 0.6 is 0 Å². The molecule has 2 heterocycles. The van der Waals surface area contributed by atoms with Crippen LogP contribution in [-0.2, 0) is 18.9 Å². The fourth-order valence-electron chi connectivity index (χ4n) is 7.64. The van der Waals surface area contributed by atoms with Crippen molar-refractivity contribution in [3.63, 3.8) is 0 Å². The first-order valence-corrected chi connectivity index (χ1v) is 18.3. The third kappa shape index (κ3) is 9.18. The molecule has 0 N–H and O–H groups in total. The van der Waals surface area contributed by atoms with Gasteiger partial charge in [-0.3, -0.25) is 0 Å². The first-order valence-electron chi connectivity index (χ1n) is 18.3. The number of hydrogen-bond donors (Lipinski definition) is 0. The van der Waals surface area contributed by atoms with E-state index in [0.717, 1.165) is 18.8 Å². The van der Waals surface area contributed by atoms with Gasteiger partial charge in [-0.2, -0.15) is 0 Å². The van der Waals surface area contributed by atoms with Gasteiger partial charge in [0.1, 0.15) is 0 Å². The van der Waals surface area contributed by atoms with E-state index in [1.54, 1.807) is 0 Å². The summed E-state index contributed by atoms with van der Waals surface area (Å²) in [5.41, 5.74) is 5.09. The molecule has 3 aliphatic rings. The summed E-state index contributed by atoms with van der Waals surface area (Å²) in [5, 5.41) is 0. The molecule has 0 radical (unpaired) electrons. The Morgan fingerprint density at radius 3 is 1.61 bits per heavy atom. The molecule has 2 saturated heterocycles. The van der Waals surface area contributed by atoms with Crippen molar-refractivity contribution in [2.75, 3.05) is 13.2 Å². The number of hydrogen-bond acceptors (Lipinski definition) is 4. The quantitative estimate of drug-likeness (QED) is 0.201. The summed E-state index contributed by atoms with van der Waals surface area (Å²) < 4.78 is 25.2. The zero-order valence-corrected chi connectivity index (χ0v) is 28.2. The summed E-state index contributed by atoms with van der Waals surface area (Å²) in [7, 11) is 0. The summed E-state index contributed by atoms with van der Waals surface area (Å²) in [6.45, 7) is 10.7. The molecule has 0 spiro atoms. The van der Waals surface area contributed by atoms with Crippen LogP contribution in [0, 0.1) is 17.8 Å². The van der Waals surface area contributed by atoms with E-state index in [9.17, 15) is 0 Å². The van der Waals surface area contributed by atoms with Gasteiger partial charge in [-0.25, -0.2) is 0 Å². The number of rotatable bonds is 14. The molecule has 2 unspecified atom stereocenters. The second kappa shape index (κ2) is 17.3. The van der Waals surface area contributed by atoms with Crippen LogP contribution in [0.1, 0.15) is 141 Å². The Hall–Kier alpha value is -1.72. The normalized spacial score (nSPS) is 31.2. The molecule has 4 heteroatoms. The molecule has 0 aromatic heterocycles. The smallest absolute Gasteiger partial charge is 0.184 e. The van der Waals surface area contributed by atoms with Crippen molar-refractivity contribution in [2.24, 2.45) is 17.8 Å². The topological polar surface area (TPSA) is 36.9 Å². The summed E-state index contributed by atoms with van der Waals surface area (Å²) >= 11 is 0. The van der Waals surface area contributed by atoms with Crippen molar-refractivity contribution in [1.29, 1.82) is 0 Å². The molecule has 0 bridgehead atoms. The van der Waals surface area contributed by atoms with Gasteiger partial charge >= 0.3 is 0 Å². The van der Waals surface area contributed by atoms with E-state index in [0.29, 0.717) is 29.8 Å². The number of ether oxygens (including phenoxy) is 4. The van der Waals surface area contributed by atoms with E-state index >= 15 is 0 Å². The average Bonchev–Trinajstić information content (AvgIpc) is 3.06. The fraction of sp³-hybridized carbons (Fsp3) is 0.700. The van der Waals surface area contributed by atoms with Crippen LogP contribution in [0.3, 0.4) is 0 Å². The second-order valence-corrected chi connectivity index (χ2v) is 14.1. The van der Waals surface area contributed by atoms with Gasteiger partial charge in [-0.15, -0.1) is 0 Å². The van der Waals surface area contributed by atoms with Crippen LogP contribution in [0.25, 0.3) is 11.1 Å². The van der Waals surface area contributed by atoms with E-state index in [2.05, 4.69) is 76.2 Å². The third-order valence-electron chi connectivity index (χ3n) is 10.9. The molecule has 3 fully saturated rings. The monoisotopic (exact) mass is 604 g/mol. The van der Waals surface area contributed by atoms with Crippen LogP contribution in [0.4, 0.5) is 0 Å². The highest BCUT2D eigenvalue weighted by molar-refractivity contribution is 5.64. The fourth-order valence-corrected chi connectivity index (χ4v) is 7.64. The first-order chi connectivity index (χ1) is 21.6. The lowest BCUT2D eigenvalue weighted by Crippen LogP contribution is -2.42. The van der Waals surface area contributed by atoms with Gasteiger partial charge in [0.25, 0.3) is 0 Å². The average molecular weight is 605 g/mol. The highest BCUT2D eigenvalue weighted by Gasteiger charge is 2.36. The molecule has 44 heavy (non-hydrogen) atoms. The molecule has 4 nitrogen and oxygen atoms in total. The Morgan fingerprint density at radius 1 is 0.568 bits per heavy atom. The molecule has 1 aliphatic carbocycles. The maximum Gasteiger partial charge on any atom is 0.184 e. The molecule has 2 aromatic carbocycles. The number of unbranched alkanes of at least 4 members (excludes halogenated alkanes) is 6. The maximum atomic E-state index is 6.44. The minimum Gasteiger partial charge on any atom is -0.352 e. The Morgan fingerprint density at radius 2 is 1.09 bits per heavy atom. The standard InChI is InChI=1S/C40H60O4/c1-5-7-9-11-13-37-27-41-39(43-29(37)3)35-23-19-33(20-24-35)31-15-17-32(18-16-31)34-21-25-36(26-22-34)40-42-28-38(30(4)44-40)14-12-10-8-6-2/h15-20,23-24,29-30,34,36-40H,5-14,21-22,25-28H2,1-4H3/t29?,30?,34?,36?,37-,38-,39-,40-/m1/s1. The lowest BCUT2D eigenvalue weighted by molar-refractivity contribution is -0.257. The molecule has 244 valence electrons. The summed E-state index contributed by atoms with van der Waals surface area (Å²) in [4.78, 5) is 0. The first kappa shape index (κ1) is 33.6. The van der Waals surface area contributed by atoms with Crippen LogP contribution < -0.4 is 0 Å². The van der Waals surface area contributed by atoms with Crippen LogP contribution in [0.5, 0.6) is 0 Å². The van der Waals surface area contributed by atoms with Gasteiger partial charge in [-0.1, -0.05) is 114 Å². The van der Waals surface area contributed by atoms with Gasteiger partial charge < -0.3 is 18.9 Å². The van der Waals surface area contributed by atoms with Crippen molar-refractivity contribution in [3.8, 4) is 11.1 Å². The molecule has 6 atom stereocenters. The van der Waals surface area contributed by atoms with Gasteiger partial charge in [0.2, 0.25) is 0 Å². The largest absolute Gasteiger partial charge is 0.352 e. The SMILES string of the molecule is CCCCCC[C@@H]1CO[C@@H](c2ccc(-c3ccc(C4CCC([C@@H]5OC[C@@H](CCCCCC)C(C)O5)CC4)cc3)cc2)OC1C. The zero-order chi connectivity index (χ0) is 30.7. The third-order valence-corrected chi connectivity index (χ3v) is 10.9. The van der Waals surface area contributed by atoms with E-state index < -0.39 is 0 Å². The van der Waals surface area contributed by atoms with Crippen LogP contribution in [-0.4, -0.2) is 31.7 Å². The van der Waals surface area contributed by atoms with Gasteiger partial charge in [0.05, 0.1) is 25.4 Å². The van der Waals surface area contributed by atoms with Crippen molar-refractivity contribution in [3.05, 3.63) is 59.7 Å². The summed E-state index contributed by atoms with van der Waals surface area (Å²) in [5.74, 6) is 2.23. The highest BCUT2D eigenvalue weighted by Crippen LogP contribution is 2.40. The predicted molar refractivity (Wildman–Crippen MR) is 181 cm³/mol. The molecule has 2 aromatic rings. The lowest BCUT2D eigenvalue weighted by atomic mass is 9.78. The van der Waals surface area contributed by atoms with Crippen molar-refractivity contribution < 1.29 is 18.9 Å². The predicted octanol–water partition coefficient (Wildman–Crippen LogP) is 11.0. The minimum atomic E-state index is -0.256. The molecule has 1 saturated carbocycles. The highest BCUT2D eigenvalue weighted by atomic mass is 16.7. The lowest BCUT2D eigenvalue weighted by Gasteiger charge is -2.40. The van der Waals surface area contributed by atoms with Crippen LogP contribution in [0.15, 0.2) is 48.5 Å². The van der Waals surface area contributed by atoms with Crippen LogP contribution in [0.2, 0.25) is 0 Å². The second-order valence-electron chi connectivity index (χ2n) is 14.1. The Labute approximate surface area is 268 Å². The molecule has 2 aliphatic heterocycles. The summed E-state index contributed by atoms with van der Waals surface area (Å²) in [6, 6.07) is 18.1. The van der Waals surface area contributed by atoms with Crippen molar-refractivity contribution in [1.82, 2.24) is 0 Å². The van der Waals surface area contributed by atoms with Crippen molar-refractivity contribution >= 4 is 0 Å². The van der Waals surface area contributed by atoms with E-state index in [-0.39, 0.29) is 18.7 Å². The zero-order valence-electron chi connectivity index (χ0n) is 28.2. The van der Waals surface area contributed by atoms with E-state index in [1.165, 1.54) is 107 Å². The van der Waals surface area contributed by atoms with Gasteiger partial charge in [0, 0.05) is 23.3 Å². The maximum absolute atomic E-state index is 6.44. The summed E-state index contributed by atoms with van der Waals surface area (Å²) in [6.07, 6.45) is 18.0.